The molecule has 0 N–H and O–H groups in total. The molecule has 1 atom stereocenters. The summed E-state index contributed by atoms with van der Waals surface area (Å²) in [4.78, 5) is 10.9. The van der Waals surface area contributed by atoms with Crippen molar-refractivity contribution >= 4 is 6.29 Å². The summed E-state index contributed by atoms with van der Waals surface area (Å²) in [7, 11) is 0. The van der Waals surface area contributed by atoms with Gasteiger partial charge in [0.25, 0.3) is 0 Å². The third-order valence-electron chi connectivity index (χ3n) is 2.10. The Bertz CT molecular complexity index is 170. The van der Waals surface area contributed by atoms with Crippen molar-refractivity contribution in [1.82, 2.24) is 0 Å². The molecule has 0 aliphatic rings. The van der Waals surface area contributed by atoms with Gasteiger partial charge in [0, 0.05) is 5.41 Å². The third kappa shape index (κ3) is 3.04. The van der Waals surface area contributed by atoms with Gasteiger partial charge >= 0.3 is 0 Å². The highest BCUT2D eigenvalue weighted by Gasteiger charge is 2.21. The zero-order valence-corrected chi connectivity index (χ0v) is 8.05. The lowest BCUT2D eigenvalue weighted by atomic mass is 9.83. The van der Waals surface area contributed by atoms with E-state index >= 15 is 0 Å². The second-order valence-corrected chi connectivity index (χ2v) is 3.01. The van der Waals surface area contributed by atoms with Crippen LogP contribution in [-0.4, -0.2) is 6.29 Å². The van der Waals surface area contributed by atoms with Gasteiger partial charge < -0.3 is 4.79 Å². The molecule has 68 valence electrons. The number of allylic oxidation sites excluding steroid dienone is 3. The quantitative estimate of drug-likeness (QED) is 0.437. The van der Waals surface area contributed by atoms with Crippen molar-refractivity contribution < 1.29 is 4.79 Å². The van der Waals surface area contributed by atoms with E-state index in [1.165, 1.54) is 0 Å². The predicted octanol–water partition coefficient (Wildman–Crippen LogP) is 3.12. The average molecular weight is 166 g/mol. The molecule has 0 saturated heterocycles. The van der Waals surface area contributed by atoms with E-state index in [0.29, 0.717) is 0 Å². The second-order valence-electron chi connectivity index (χ2n) is 3.01. The lowest BCUT2D eigenvalue weighted by molar-refractivity contribution is -0.114. The van der Waals surface area contributed by atoms with Crippen LogP contribution in [0.1, 0.15) is 33.1 Å². The molecule has 0 amide bonds. The summed E-state index contributed by atoms with van der Waals surface area (Å²) in [6.45, 7) is 7.75. The van der Waals surface area contributed by atoms with Crippen molar-refractivity contribution in [2.24, 2.45) is 5.41 Å². The van der Waals surface area contributed by atoms with Gasteiger partial charge in [-0.3, -0.25) is 0 Å². The minimum absolute atomic E-state index is 0.294. The van der Waals surface area contributed by atoms with Crippen LogP contribution in [0.3, 0.4) is 0 Å². The molecular formula is C11H18O. The minimum Gasteiger partial charge on any atom is -0.302 e. The molecule has 0 aromatic carbocycles. The van der Waals surface area contributed by atoms with Crippen LogP contribution in [-0.2, 0) is 4.79 Å². The molecule has 1 heteroatoms. The number of hydrogen-bond donors (Lipinski definition) is 0. The standard InChI is InChI=1S/C11H18O/c1-4-7-9-11(6-3,10-12)8-5-2/h5,7,9-10H,2,4,6,8H2,1,3H3/b9-7+/t11-/m1/s1. The molecule has 0 bridgehead atoms. The average Bonchev–Trinajstić information content (AvgIpc) is 2.13. The molecule has 0 radical (unpaired) electrons. The molecule has 0 spiro atoms. The number of carbonyl (C=O) groups is 1. The number of aldehydes is 1. The summed E-state index contributed by atoms with van der Waals surface area (Å²) in [5.41, 5.74) is -0.294. The highest BCUT2D eigenvalue weighted by molar-refractivity contribution is 5.63. The maximum atomic E-state index is 10.9. The van der Waals surface area contributed by atoms with Gasteiger partial charge in [-0.2, -0.15) is 0 Å². The molecule has 0 saturated carbocycles. The van der Waals surface area contributed by atoms with Crippen molar-refractivity contribution in [2.45, 2.75) is 33.1 Å². The Labute approximate surface area is 75.2 Å². The fourth-order valence-corrected chi connectivity index (χ4v) is 1.12. The summed E-state index contributed by atoms with van der Waals surface area (Å²) in [5, 5.41) is 0. The minimum atomic E-state index is -0.294. The van der Waals surface area contributed by atoms with Crippen LogP contribution in [0, 0.1) is 5.41 Å². The highest BCUT2D eigenvalue weighted by Crippen LogP contribution is 2.26. The fourth-order valence-electron chi connectivity index (χ4n) is 1.12. The smallest absolute Gasteiger partial charge is 0.130 e. The second kappa shape index (κ2) is 5.76. The number of rotatable bonds is 6. The summed E-state index contributed by atoms with van der Waals surface area (Å²) in [6.07, 6.45) is 9.44. The van der Waals surface area contributed by atoms with Gasteiger partial charge in [0.2, 0.25) is 0 Å². The topological polar surface area (TPSA) is 17.1 Å². The molecule has 12 heavy (non-hydrogen) atoms. The van der Waals surface area contributed by atoms with E-state index in [1.807, 2.05) is 19.1 Å². The Balaban J connectivity index is 4.44. The van der Waals surface area contributed by atoms with E-state index in [2.05, 4.69) is 13.5 Å². The molecular weight excluding hydrogens is 148 g/mol. The highest BCUT2D eigenvalue weighted by atomic mass is 16.1. The summed E-state index contributed by atoms with van der Waals surface area (Å²) >= 11 is 0. The fraction of sp³-hybridized carbons (Fsp3) is 0.545. The maximum Gasteiger partial charge on any atom is 0.130 e. The van der Waals surface area contributed by atoms with Gasteiger partial charge in [-0.15, -0.1) is 6.58 Å². The van der Waals surface area contributed by atoms with Crippen LogP contribution >= 0.6 is 0 Å². The first kappa shape index (κ1) is 11.2. The lowest BCUT2D eigenvalue weighted by Gasteiger charge is -2.20. The molecule has 0 aliphatic heterocycles. The van der Waals surface area contributed by atoms with Gasteiger partial charge in [0.1, 0.15) is 6.29 Å². The van der Waals surface area contributed by atoms with Crippen LogP contribution in [0.5, 0.6) is 0 Å². The van der Waals surface area contributed by atoms with E-state index in [4.69, 9.17) is 0 Å². The van der Waals surface area contributed by atoms with Crippen molar-refractivity contribution in [3.05, 3.63) is 24.8 Å². The number of carbonyl (C=O) groups excluding carboxylic acids is 1. The van der Waals surface area contributed by atoms with Crippen molar-refractivity contribution in [3.63, 3.8) is 0 Å². The molecule has 0 aliphatic carbocycles. The first-order valence-electron chi connectivity index (χ1n) is 4.49. The first-order valence-corrected chi connectivity index (χ1v) is 4.49. The summed E-state index contributed by atoms with van der Waals surface area (Å²) in [6, 6.07) is 0. The lowest BCUT2D eigenvalue weighted by Crippen LogP contribution is -2.17. The maximum absolute atomic E-state index is 10.9. The Morgan fingerprint density at radius 2 is 2.08 bits per heavy atom. The van der Waals surface area contributed by atoms with Crippen LogP contribution < -0.4 is 0 Å². The van der Waals surface area contributed by atoms with Crippen molar-refractivity contribution in [1.29, 1.82) is 0 Å². The van der Waals surface area contributed by atoms with E-state index in [1.54, 1.807) is 6.08 Å². The molecule has 0 fully saturated rings. The van der Waals surface area contributed by atoms with Gasteiger partial charge in [0.05, 0.1) is 0 Å². The summed E-state index contributed by atoms with van der Waals surface area (Å²) in [5.74, 6) is 0. The van der Waals surface area contributed by atoms with Gasteiger partial charge in [-0.1, -0.05) is 32.1 Å². The summed E-state index contributed by atoms with van der Waals surface area (Å²) < 4.78 is 0. The van der Waals surface area contributed by atoms with Gasteiger partial charge in [-0.05, 0) is 19.3 Å². The normalized spacial score (nSPS) is 15.8. The van der Waals surface area contributed by atoms with Crippen LogP contribution in [0.2, 0.25) is 0 Å². The van der Waals surface area contributed by atoms with Gasteiger partial charge in [0.15, 0.2) is 0 Å². The van der Waals surface area contributed by atoms with E-state index in [9.17, 15) is 4.79 Å². The van der Waals surface area contributed by atoms with Crippen molar-refractivity contribution in [2.75, 3.05) is 0 Å². The van der Waals surface area contributed by atoms with Crippen LogP contribution in [0.25, 0.3) is 0 Å². The molecule has 0 aromatic rings. The molecule has 0 aromatic heterocycles. The number of hydrogen-bond acceptors (Lipinski definition) is 1. The zero-order valence-electron chi connectivity index (χ0n) is 8.05. The molecule has 1 nitrogen and oxygen atoms in total. The predicted molar refractivity (Wildman–Crippen MR) is 53.0 cm³/mol. The first-order chi connectivity index (χ1) is 5.74. The van der Waals surface area contributed by atoms with E-state index in [-0.39, 0.29) is 5.41 Å². The Kier molecular flexibility index (Phi) is 5.35. The van der Waals surface area contributed by atoms with Crippen LogP contribution in [0.4, 0.5) is 0 Å². The molecule has 0 heterocycles. The SMILES string of the molecule is C=CC[C@@](C=O)(/C=C/CC)CC. The Hall–Kier alpha value is -0.850. The van der Waals surface area contributed by atoms with Crippen LogP contribution in [0.15, 0.2) is 24.8 Å². The van der Waals surface area contributed by atoms with Gasteiger partial charge in [-0.25, -0.2) is 0 Å². The molecule has 0 unspecified atom stereocenters. The Morgan fingerprint density at radius 1 is 1.42 bits per heavy atom. The monoisotopic (exact) mass is 166 g/mol. The third-order valence-corrected chi connectivity index (χ3v) is 2.10. The zero-order chi connectivity index (χ0) is 9.45. The van der Waals surface area contributed by atoms with E-state index < -0.39 is 0 Å². The van der Waals surface area contributed by atoms with E-state index in [0.717, 1.165) is 25.5 Å². The molecule has 0 rings (SSSR count). The van der Waals surface area contributed by atoms with Crippen molar-refractivity contribution in [3.8, 4) is 0 Å². The largest absolute Gasteiger partial charge is 0.302 e. The Morgan fingerprint density at radius 3 is 2.42 bits per heavy atom.